The smallest absolute Gasteiger partial charge is 0.0500 e. The third-order valence-electron chi connectivity index (χ3n) is 5.22. The standard InChI is InChI=1S/C22H19N/c1-2-4-20-19(3-1)21-17-11-9-15-5-7-16(8-6-15)10-12-18(14-13-17)22(21)23-20/h1-8,13-14,23H,9-12H2. The van der Waals surface area contributed by atoms with Gasteiger partial charge in [0, 0.05) is 21.8 Å². The van der Waals surface area contributed by atoms with Crippen LogP contribution in [0.25, 0.3) is 21.8 Å². The van der Waals surface area contributed by atoms with E-state index in [9.17, 15) is 0 Å². The van der Waals surface area contributed by atoms with Crippen LogP contribution in [0.3, 0.4) is 0 Å². The summed E-state index contributed by atoms with van der Waals surface area (Å²) in [5.74, 6) is 0. The van der Waals surface area contributed by atoms with Gasteiger partial charge in [0.1, 0.15) is 0 Å². The van der Waals surface area contributed by atoms with Crippen molar-refractivity contribution >= 4 is 21.8 Å². The first kappa shape index (κ1) is 13.0. The van der Waals surface area contributed by atoms with Gasteiger partial charge in [-0.3, -0.25) is 0 Å². The van der Waals surface area contributed by atoms with Crippen LogP contribution in [0.4, 0.5) is 0 Å². The van der Waals surface area contributed by atoms with Crippen molar-refractivity contribution in [2.75, 3.05) is 0 Å². The molecule has 23 heavy (non-hydrogen) atoms. The van der Waals surface area contributed by atoms with E-state index in [-0.39, 0.29) is 0 Å². The predicted octanol–water partition coefficient (Wildman–Crippen LogP) is 5.20. The maximum absolute atomic E-state index is 3.68. The van der Waals surface area contributed by atoms with E-state index in [1.165, 1.54) is 44.1 Å². The highest BCUT2D eigenvalue weighted by Gasteiger charge is 2.13. The van der Waals surface area contributed by atoms with Gasteiger partial charge in [0.25, 0.3) is 0 Å². The summed E-state index contributed by atoms with van der Waals surface area (Å²) < 4.78 is 0. The Morgan fingerprint density at radius 2 is 1.26 bits per heavy atom. The predicted molar refractivity (Wildman–Crippen MR) is 97.1 cm³/mol. The molecular formula is C22H19N. The van der Waals surface area contributed by atoms with Crippen molar-refractivity contribution in [1.82, 2.24) is 4.98 Å². The van der Waals surface area contributed by atoms with Gasteiger partial charge in [-0.15, -0.1) is 0 Å². The molecule has 0 atom stereocenters. The summed E-state index contributed by atoms with van der Waals surface area (Å²) >= 11 is 0. The lowest BCUT2D eigenvalue weighted by molar-refractivity contribution is 0.933. The first-order chi connectivity index (χ1) is 11.4. The second-order valence-corrected chi connectivity index (χ2v) is 6.62. The summed E-state index contributed by atoms with van der Waals surface area (Å²) in [6.45, 7) is 0. The monoisotopic (exact) mass is 297 g/mol. The zero-order valence-electron chi connectivity index (χ0n) is 13.1. The molecule has 112 valence electrons. The van der Waals surface area contributed by atoms with Crippen LogP contribution in [-0.2, 0) is 25.7 Å². The normalized spacial score (nSPS) is 14.3. The number of aryl methyl sites for hydroxylation is 4. The molecule has 0 radical (unpaired) electrons. The Bertz CT molecular complexity index is 1010. The van der Waals surface area contributed by atoms with Gasteiger partial charge in [-0.1, -0.05) is 54.6 Å². The number of aromatic amines is 1. The van der Waals surface area contributed by atoms with E-state index in [2.05, 4.69) is 65.6 Å². The topological polar surface area (TPSA) is 15.8 Å². The highest BCUT2D eigenvalue weighted by Crippen LogP contribution is 2.32. The van der Waals surface area contributed by atoms with E-state index in [0.29, 0.717) is 0 Å². The Kier molecular flexibility index (Phi) is 2.81. The van der Waals surface area contributed by atoms with Gasteiger partial charge in [-0.25, -0.2) is 0 Å². The highest BCUT2D eigenvalue weighted by molar-refractivity contribution is 6.10. The quantitative estimate of drug-likeness (QED) is 0.459. The molecule has 1 heteroatoms. The minimum Gasteiger partial charge on any atom is -0.354 e. The van der Waals surface area contributed by atoms with Crippen LogP contribution in [0.15, 0.2) is 60.7 Å². The van der Waals surface area contributed by atoms with Gasteiger partial charge in [-0.2, -0.15) is 0 Å². The van der Waals surface area contributed by atoms with Crippen LogP contribution < -0.4 is 0 Å². The van der Waals surface area contributed by atoms with E-state index < -0.39 is 0 Å². The zero-order chi connectivity index (χ0) is 15.2. The van der Waals surface area contributed by atoms with Crippen molar-refractivity contribution in [2.24, 2.45) is 0 Å². The molecule has 0 saturated heterocycles. The molecule has 0 unspecified atom stereocenters. The third kappa shape index (κ3) is 2.08. The number of aromatic nitrogens is 1. The fraction of sp³-hybridized carbons (Fsp3) is 0.182. The van der Waals surface area contributed by atoms with Gasteiger partial charge in [0.15, 0.2) is 0 Å². The lowest BCUT2D eigenvalue weighted by Crippen LogP contribution is -1.99. The Hall–Kier alpha value is -2.54. The van der Waals surface area contributed by atoms with E-state index in [4.69, 9.17) is 0 Å². The van der Waals surface area contributed by atoms with Gasteiger partial charge >= 0.3 is 0 Å². The molecule has 8 rings (SSSR count). The number of benzene rings is 3. The molecule has 0 aliphatic heterocycles. The highest BCUT2D eigenvalue weighted by atomic mass is 14.7. The van der Waals surface area contributed by atoms with Crippen molar-refractivity contribution in [3.63, 3.8) is 0 Å². The maximum atomic E-state index is 3.68. The number of rotatable bonds is 0. The number of hydrogen-bond acceptors (Lipinski definition) is 0. The number of hydrogen-bond donors (Lipinski definition) is 1. The summed E-state index contributed by atoms with van der Waals surface area (Å²) in [6, 6.07) is 22.6. The van der Waals surface area contributed by atoms with Crippen LogP contribution in [0.5, 0.6) is 0 Å². The van der Waals surface area contributed by atoms with Gasteiger partial charge < -0.3 is 4.98 Å². The molecule has 1 N–H and O–H groups in total. The first-order valence-corrected chi connectivity index (χ1v) is 8.47. The summed E-state index contributed by atoms with van der Waals surface area (Å²) in [6.07, 6.45) is 4.39. The summed E-state index contributed by atoms with van der Waals surface area (Å²) in [5, 5.41) is 2.80. The van der Waals surface area contributed by atoms with Crippen molar-refractivity contribution < 1.29 is 0 Å². The van der Waals surface area contributed by atoms with Crippen LogP contribution in [0, 0.1) is 0 Å². The van der Waals surface area contributed by atoms with E-state index in [1.807, 2.05) is 0 Å². The number of para-hydroxylation sites is 1. The minimum atomic E-state index is 1.09. The molecule has 0 spiro atoms. The summed E-state index contributed by atoms with van der Waals surface area (Å²) in [7, 11) is 0. The molecule has 4 aliphatic rings. The molecular weight excluding hydrogens is 278 g/mol. The van der Waals surface area contributed by atoms with Crippen LogP contribution in [0.1, 0.15) is 22.3 Å². The first-order valence-electron chi connectivity index (χ1n) is 8.47. The lowest BCUT2D eigenvalue weighted by atomic mass is 9.93. The second-order valence-electron chi connectivity index (χ2n) is 6.62. The Morgan fingerprint density at radius 1 is 0.609 bits per heavy atom. The lowest BCUT2D eigenvalue weighted by Gasteiger charge is -2.12. The van der Waals surface area contributed by atoms with Crippen molar-refractivity contribution in [3.05, 3.63) is 82.9 Å². The van der Waals surface area contributed by atoms with Crippen LogP contribution >= 0.6 is 0 Å². The molecule has 4 bridgehead atoms. The fourth-order valence-electron chi connectivity index (χ4n) is 3.93. The number of H-pyrrole nitrogens is 1. The van der Waals surface area contributed by atoms with E-state index >= 15 is 0 Å². The summed E-state index contributed by atoms with van der Waals surface area (Å²) in [4.78, 5) is 3.68. The second kappa shape index (κ2) is 4.99. The largest absolute Gasteiger partial charge is 0.354 e. The Balaban J connectivity index is 1.79. The minimum absolute atomic E-state index is 1.09. The summed E-state index contributed by atoms with van der Waals surface area (Å²) in [5.41, 5.74) is 8.37. The molecule has 4 aromatic rings. The zero-order valence-corrected chi connectivity index (χ0v) is 13.1. The molecule has 1 nitrogen and oxygen atoms in total. The van der Waals surface area contributed by atoms with Crippen molar-refractivity contribution in [3.8, 4) is 0 Å². The SMILES string of the molecule is c1ccc2c(c1)[nH]c1c3ccc(c12)CCc1ccc(cc1)CC3. The van der Waals surface area contributed by atoms with Crippen LogP contribution in [0.2, 0.25) is 0 Å². The van der Waals surface area contributed by atoms with Crippen molar-refractivity contribution in [2.45, 2.75) is 25.7 Å². The molecule has 1 aromatic heterocycles. The average Bonchev–Trinajstić information content (AvgIpc) is 2.97. The average molecular weight is 297 g/mol. The van der Waals surface area contributed by atoms with Gasteiger partial charge in [0.2, 0.25) is 0 Å². The molecule has 0 fully saturated rings. The fourth-order valence-corrected chi connectivity index (χ4v) is 3.93. The van der Waals surface area contributed by atoms with E-state index in [1.54, 1.807) is 0 Å². The van der Waals surface area contributed by atoms with E-state index in [0.717, 1.165) is 25.7 Å². The Morgan fingerprint density at radius 3 is 2.04 bits per heavy atom. The van der Waals surface area contributed by atoms with Crippen LogP contribution in [-0.4, -0.2) is 4.98 Å². The van der Waals surface area contributed by atoms with Crippen molar-refractivity contribution in [1.29, 1.82) is 0 Å². The molecule has 4 aliphatic carbocycles. The maximum Gasteiger partial charge on any atom is 0.0500 e. The molecule has 0 saturated carbocycles. The molecule has 0 amide bonds. The van der Waals surface area contributed by atoms with Gasteiger partial charge in [-0.05, 0) is 54.0 Å². The number of nitrogens with one attached hydrogen (secondary N) is 1. The van der Waals surface area contributed by atoms with Gasteiger partial charge in [0.05, 0.1) is 0 Å². The third-order valence-corrected chi connectivity index (χ3v) is 5.22. The Labute approximate surface area is 136 Å². The molecule has 1 heterocycles. The number of fused-ring (bicyclic) bond motifs is 1. The molecule has 3 aromatic carbocycles.